The maximum absolute atomic E-state index is 12.8. The molecule has 1 aromatic carbocycles. The van der Waals surface area contributed by atoms with Gasteiger partial charge >= 0.3 is 5.97 Å². The molecule has 0 radical (unpaired) electrons. The van der Waals surface area contributed by atoms with E-state index >= 15 is 0 Å². The lowest BCUT2D eigenvalue weighted by Crippen LogP contribution is -2.44. The number of rotatable bonds is 4. The molecule has 2 aromatic heterocycles. The van der Waals surface area contributed by atoms with Crippen molar-refractivity contribution in [2.75, 3.05) is 50.6 Å². The summed E-state index contributed by atoms with van der Waals surface area (Å²) in [6.45, 7) is 5.43. The fourth-order valence-corrected chi connectivity index (χ4v) is 3.64. The third kappa shape index (κ3) is 4.33. The first-order chi connectivity index (χ1) is 15.4. The van der Waals surface area contributed by atoms with Crippen LogP contribution in [0.3, 0.4) is 0 Å². The van der Waals surface area contributed by atoms with Crippen molar-refractivity contribution >= 4 is 34.4 Å². The van der Waals surface area contributed by atoms with Crippen molar-refractivity contribution in [2.45, 2.75) is 6.92 Å². The Morgan fingerprint density at radius 3 is 2.56 bits per heavy atom. The number of piperazine rings is 1. The van der Waals surface area contributed by atoms with Crippen LogP contribution in [-0.4, -0.2) is 67.1 Å². The number of hydrogen-bond donors (Lipinski definition) is 2. The van der Waals surface area contributed by atoms with Crippen LogP contribution in [0, 0.1) is 6.92 Å². The topological polar surface area (TPSA) is 108 Å². The van der Waals surface area contributed by atoms with E-state index in [0.717, 1.165) is 37.6 Å². The smallest absolute Gasteiger partial charge is 0.337 e. The standard InChI is InChI=1S/C23H25N5O4/c1-14-4-5-16(23(31)32-3)13-18(14)24-21(29)17-12-15-6-7-19(25-20(15)26-22(17)30)28-10-8-27(2)9-11-28/h4-7,12-13H,8-11H2,1-3H3,(H,24,29)(H,25,26,30). The van der Waals surface area contributed by atoms with Gasteiger partial charge in [0.1, 0.15) is 17.0 Å². The lowest BCUT2D eigenvalue weighted by molar-refractivity contribution is 0.0600. The van der Waals surface area contributed by atoms with Crippen LogP contribution in [0.5, 0.6) is 0 Å². The maximum atomic E-state index is 12.8. The number of amides is 1. The largest absolute Gasteiger partial charge is 0.465 e. The van der Waals surface area contributed by atoms with Crippen LogP contribution in [0.25, 0.3) is 11.0 Å². The number of nitrogens with zero attached hydrogens (tertiary/aromatic N) is 3. The number of likely N-dealkylation sites (N-methyl/N-ethyl adjacent to an activating group) is 1. The van der Waals surface area contributed by atoms with E-state index < -0.39 is 17.4 Å². The highest BCUT2D eigenvalue weighted by molar-refractivity contribution is 6.06. The van der Waals surface area contributed by atoms with E-state index in [1.807, 2.05) is 12.1 Å². The zero-order valence-electron chi connectivity index (χ0n) is 18.3. The molecule has 3 heterocycles. The maximum Gasteiger partial charge on any atom is 0.337 e. The van der Waals surface area contributed by atoms with E-state index in [9.17, 15) is 14.4 Å². The molecule has 0 atom stereocenters. The van der Waals surface area contributed by atoms with E-state index in [1.165, 1.54) is 19.2 Å². The van der Waals surface area contributed by atoms with Crippen LogP contribution >= 0.6 is 0 Å². The SMILES string of the molecule is COC(=O)c1ccc(C)c(NC(=O)c2cc3ccc(N4CCN(C)CC4)nc3[nH]c2=O)c1. The first-order valence-electron chi connectivity index (χ1n) is 10.3. The van der Waals surface area contributed by atoms with Crippen molar-refractivity contribution in [3.8, 4) is 0 Å². The number of aromatic amines is 1. The summed E-state index contributed by atoms with van der Waals surface area (Å²) >= 11 is 0. The van der Waals surface area contributed by atoms with Gasteiger partial charge in [-0.25, -0.2) is 9.78 Å². The van der Waals surface area contributed by atoms with Gasteiger partial charge in [-0.3, -0.25) is 9.59 Å². The highest BCUT2D eigenvalue weighted by Crippen LogP contribution is 2.20. The molecule has 0 unspecified atom stereocenters. The van der Waals surface area contributed by atoms with E-state index in [-0.39, 0.29) is 5.56 Å². The quantitative estimate of drug-likeness (QED) is 0.604. The number of esters is 1. The number of nitrogens with one attached hydrogen (secondary N) is 2. The number of H-pyrrole nitrogens is 1. The van der Waals surface area contributed by atoms with E-state index in [1.54, 1.807) is 19.1 Å². The van der Waals surface area contributed by atoms with E-state index in [0.29, 0.717) is 22.3 Å². The fraction of sp³-hybridized carbons (Fsp3) is 0.304. The average Bonchev–Trinajstić information content (AvgIpc) is 2.79. The van der Waals surface area contributed by atoms with Crippen molar-refractivity contribution in [1.82, 2.24) is 14.9 Å². The number of anilines is 2. The van der Waals surface area contributed by atoms with Gasteiger partial charge in [0.05, 0.1) is 12.7 Å². The van der Waals surface area contributed by atoms with Gasteiger partial charge in [0.25, 0.3) is 11.5 Å². The number of carbonyl (C=O) groups is 2. The van der Waals surface area contributed by atoms with Crippen molar-refractivity contribution in [3.63, 3.8) is 0 Å². The summed E-state index contributed by atoms with van der Waals surface area (Å²) in [6, 6.07) is 10.1. The minimum absolute atomic E-state index is 0.0329. The van der Waals surface area contributed by atoms with Crippen LogP contribution < -0.4 is 15.8 Å². The normalized spacial score (nSPS) is 14.4. The monoisotopic (exact) mass is 435 g/mol. The molecule has 1 aliphatic rings. The summed E-state index contributed by atoms with van der Waals surface area (Å²) < 4.78 is 4.73. The van der Waals surface area contributed by atoms with Gasteiger partial charge in [-0.15, -0.1) is 0 Å². The molecule has 0 saturated carbocycles. The average molecular weight is 435 g/mol. The Morgan fingerprint density at radius 2 is 1.84 bits per heavy atom. The molecule has 0 bridgehead atoms. The second-order valence-corrected chi connectivity index (χ2v) is 7.89. The zero-order chi connectivity index (χ0) is 22.8. The zero-order valence-corrected chi connectivity index (χ0v) is 18.3. The molecule has 3 aromatic rings. The first-order valence-corrected chi connectivity index (χ1v) is 10.3. The molecule has 0 spiro atoms. The van der Waals surface area contributed by atoms with Gasteiger partial charge in [0.15, 0.2) is 0 Å². The molecule has 9 nitrogen and oxygen atoms in total. The number of ether oxygens (including phenoxy) is 1. The van der Waals surface area contributed by atoms with E-state index in [2.05, 4.69) is 32.1 Å². The molecule has 9 heteroatoms. The highest BCUT2D eigenvalue weighted by Gasteiger charge is 2.18. The molecule has 32 heavy (non-hydrogen) atoms. The minimum Gasteiger partial charge on any atom is -0.465 e. The fourth-order valence-electron chi connectivity index (χ4n) is 3.64. The molecular weight excluding hydrogens is 410 g/mol. The van der Waals surface area contributed by atoms with Crippen LogP contribution in [0.2, 0.25) is 0 Å². The Bertz CT molecular complexity index is 1240. The van der Waals surface area contributed by atoms with E-state index in [4.69, 9.17) is 4.74 Å². The van der Waals surface area contributed by atoms with Crippen molar-refractivity contribution in [3.05, 3.63) is 63.4 Å². The van der Waals surface area contributed by atoms with Crippen LogP contribution in [0.1, 0.15) is 26.3 Å². The van der Waals surface area contributed by atoms with Gasteiger partial charge in [-0.1, -0.05) is 6.07 Å². The third-order valence-electron chi connectivity index (χ3n) is 5.67. The number of hydrogen-bond acceptors (Lipinski definition) is 7. The molecule has 1 fully saturated rings. The number of carbonyl (C=O) groups excluding carboxylic acids is 2. The molecule has 1 aliphatic heterocycles. The molecule has 0 aliphatic carbocycles. The summed E-state index contributed by atoms with van der Waals surface area (Å²) in [5.74, 6) is -0.276. The number of methoxy groups -OCH3 is 1. The lowest BCUT2D eigenvalue weighted by Gasteiger charge is -2.33. The molecule has 166 valence electrons. The predicted octanol–water partition coefficient (Wildman–Crippen LogP) is 2.02. The predicted molar refractivity (Wildman–Crippen MR) is 123 cm³/mol. The molecule has 4 rings (SSSR count). The third-order valence-corrected chi connectivity index (χ3v) is 5.67. The van der Waals surface area contributed by atoms with Gasteiger partial charge < -0.3 is 24.8 Å². The van der Waals surface area contributed by atoms with Crippen LogP contribution in [-0.2, 0) is 4.74 Å². The van der Waals surface area contributed by atoms with Crippen molar-refractivity contribution < 1.29 is 14.3 Å². The summed E-state index contributed by atoms with van der Waals surface area (Å²) in [6.07, 6.45) is 0. The Kier molecular flexibility index (Phi) is 5.91. The highest BCUT2D eigenvalue weighted by atomic mass is 16.5. The van der Waals surface area contributed by atoms with Crippen LogP contribution in [0.4, 0.5) is 11.5 Å². The molecule has 2 N–H and O–H groups in total. The first kappa shape index (κ1) is 21.5. The van der Waals surface area contributed by atoms with Gasteiger partial charge in [-0.2, -0.15) is 0 Å². The van der Waals surface area contributed by atoms with Crippen molar-refractivity contribution in [2.24, 2.45) is 0 Å². The number of fused-ring (bicyclic) bond motifs is 1. The second-order valence-electron chi connectivity index (χ2n) is 7.89. The molecule has 1 amide bonds. The second kappa shape index (κ2) is 8.80. The van der Waals surface area contributed by atoms with Crippen LogP contribution in [0.15, 0.2) is 41.2 Å². The Morgan fingerprint density at radius 1 is 1.09 bits per heavy atom. The number of pyridine rings is 2. The number of aromatic nitrogens is 2. The summed E-state index contributed by atoms with van der Waals surface area (Å²) in [5, 5.41) is 3.38. The summed E-state index contributed by atoms with van der Waals surface area (Å²) in [7, 11) is 3.38. The number of aryl methyl sites for hydroxylation is 1. The lowest BCUT2D eigenvalue weighted by atomic mass is 10.1. The van der Waals surface area contributed by atoms with Gasteiger partial charge in [0.2, 0.25) is 0 Å². The summed E-state index contributed by atoms with van der Waals surface area (Å²) in [4.78, 5) is 49.0. The molecular formula is C23H25N5O4. The minimum atomic E-state index is -0.568. The number of benzene rings is 1. The van der Waals surface area contributed by atoms with Crippen molar-refractivity contribution in [1.29, 1.82) is 0 Å². The van der Waals surface area contributed by atoms with Gasteiger partial charge in [0, 0.05) is 37.3 Å². The Balaban J connectivity index is 1.60. The molecule has 1 saturated heterocycles. The summed E-state index contributed by atoms with van der Waals surface area (Å²) in [5.41, 5.74) is 1.37. The van der Waals surface area contributed by atoms with Gasteiger partial charge in [-0.05, 0) is 49.9 Å². The Labute approximate surface area is 185 Å². The Hall–Kier alpha value is -3.72.